The third-order valence-electron chi connectivity index (χ3n) is 3.15. The van der Waals surface area contributed by atoms with Gasteiger partial charge in [-0.1, -0.05) is 12.8 Å². The number of cyclic esters (lactones) is 2. The lowest BCUT2D eigenvalue weighted by molar-refractivity contribution is 0.0443. The van der Waals surface area contributed by atoms with E-state index in [-0.39, 0.29) is 0 Å². The van der Waals surface area contributed by atoms with Crippen molar-refractivity contribution in [2.75, 3.05) is 0 Å². The summed E-state index contributed by atoms with van der Waals surface area (Å²) in [5.41, 5.74) is 1.03. The van der Waals surface area contributed by atoms with Crippen molar-refractivity contribution in [2.24, 2.45) is 0 Å². The molecule has 78 valence electrons. The van der Waals surface area contributed by atoms with Gasteiger partial charge in [-0.25, -0.2) is 9.59 Å². The van der Waals surface area contributed by atoms with Gasteiger partial charge in [0, 0.05) is 10.3 Å². The molecule has 2 heterocycles. The van der Waals surface area contributed by atoms with Gasteiger partial charge in [-0.2, -0.15) is 0 Å². The number of esters is 2. The lowest BCUT2D eigenvalue weighted by atomic mass is 10.0. The van der Waals surface area contributed by atoms with Crippen molar-refractivity contribution in [3.63, 3.8) is 0 Å². The molecule has 1 aliphatic carbocycles. The highest BCUT2D eigenvalue weighted by atomic mass is 32.1. The van der Waals surface area contributed by atoms with E-state index in [1.807, 2.05) is 0 Å². The second-order valence-corrected chi connectivity index (χ2v) is 4.96. The van der Waals surface area contributed by atoms with Crippen LogP contribution in [-0.4, -0.2) is 11.9 Å². The Morgan fingerprint density at radius 1 is 1.20 bits per heavy atom. The molecule has 0 unspecified atom stereocenters. The van der Waals surface area contributed by atoms with Crippen molar-refractivity contribution in [1.82, 2.24) is 0 Å². The molecule has 1 aromatic rings. The van der Waals surface area contributed by atoms with Gasteiger partial charge in [-0.3, -0.25) is 0 Å². The zero-order valence-corrected chi connectivity index (χ0v) is 8.93. The van der Waals surface area contributed by atoms with Crippen LogP contribution in [0.5, 0.6) is 0 Å². The molecule has 0 amide bonds. The lowest BCUT2D eigenvalue weighted by Crippen LogP contribution is -2.01. The third-order valence-corrected chi connectivity index (χ3v) is 4.30. The summed E-state index contributed by atoms with van der Waals surface area (Å²) in [6.45, 7) is 0. The summed E-state index contributed by atoms with van der Waals surface area (Å²) in [7, 11) is 0. The summed E-state index contributed by atoms with van der Waals surface area (Å²) in [4.78, 5) is 23.8. The fourth-order valence-corrected chi connectivity index (χ4v) is 3.61. The first-order chi connectivity index (χ1) is 7.27. The smallest absolute Gasteiger partial charge is 0.348 e. The fraction of sp³-hybridized carbons (Fsp3) is 0.455. The molecule has 3 rings (SSSR count). The molecule has 1 fully saturated rings. The van der Waals surface area contributed by atoms with Crippen molar-refractivity contribution >= 4 is 23.3 Å². The Labute approximate surface area is 91.1 Å². The van der Waals surface area contributed by atoms with Gasteiger partial charge in [-0.15, -0.1) is 11.3 Å². The van der Waals surface area contributed by atoms with E-state index in [2.05, 4.69) is 4.74 Å². The van der Waals surface area contributed by atoms with E-state index in [0.29, 0.717) is 17.0 Å². The first-order valence-corrected chi connectivity index (χ1v) is 6.03. The van der Waals surface area contributed by atoms with Gasteiger partial charge in [0.05, 0.1) is 11.1 Å². The van der Waals surface area contributed by atoms with E-state index in [1.165, 1.54) is 24.2 Å². The molecular weight excluding hydrogens is 212 g/mol. The lowest BCUT2D eigenvalue weighted by Gasteiger charge is -2.06. The summed E-state index contributed by atoms with van der Waals surface area (Å²) in [6, 6.07) is 0. The Morgan fingerprint density at radius 2 is 1.93 bits per heavy atom. The molecule has 4 heteroatoms. The van der Waals surface area contributed by atoms with Crippen LogP contribution in [-0.2, 0) is 4.74 Å². The van der Waals surface area contributed by atoms with E-state index in [4.69, 9.17) is 0 Å². The van der Waals surface area contributed by atoms with Crippen molar-refractivity contribution in [1.29, 1.82) is 0 Å². The number of carbonyl (C=O) groups excluding carboxylic acids is 2. The molecule has 1 aromatic heterocycles. The average molecular weight is 222 g/mol. The summed E-state index contributed by atoms with van der Waals surface area (Å²) in [5.74, 6) is -0.453. The molecule has 0 bridgehead atoms. The van der Waals surface area contributed by atoms with Gasteiger partial charge in [-0.05, 0) is 18.8 Å². The van der Waals surface area contributed by atoms with Gasteiger partial charge in [0.2, 0.25) is 0 Å². The first kappa shape index (κ1) is 9.09. The Hall–Kier alpha value is -1.16. The van der Waals surface area contributed by atoms with Crippen LogP contribution in [0.15, 0.2) is 5.38 Å². The van der Waals surface area contributed by atoms with Crippen LogP contribution in [0.3, 0.4) is 0 Å². The third kappa shape index (κ3) is 1.24. The first-order valence-electron chi connectivity index (χ1n) is 5.15. The van der Waals surface area contributed by atoms with Crippen molar-refractivity contribution in [3.8, 4) is 0 Å². The maximum atomic E-state index is 11.5. The topological polar surface area (TPSA) is 43.4 Å². The quantitative estimate of drug-likeness (QED) is 0.542. The Bertz CT molecular complexity index is 441. The molecule has 15 heavy (non-hydrogen) atoms. The molecule has 0 atom stereocenters. The van der Waals surface area contributed by atoms with E-state index in [9.17, 15) is 9.59 Å². The van der Waals surface area contributed by atoms with Crippen LogP contribution < -0.4 is 0 Å². The molecule has 1 aliphatic heterocycles. The fourth-order valence-electron chi connectivity index (χ4n) is 2.41. The van der Waals surface area contributed by atoms with Crippen LogP contribution in [0, 0.1) is 0 Å². The predicted octanol–water partition coefficient (Wildman–Crippen LogP) is 2.72. The minimum Gasteiger partial charge on any atom is -0.386 e. The van der Waals surface area contributed by atoms with Crippen LogP contribution in [0.25, 0.3) is 0 Å². The molecule has 0 aromatic carbocycles. The Morgan fingerprint density at radius 3 is 2.67 bits per heavy atom. The zero-order chi connectivity index (χ0) is 10.4. The normalized spacial score (nSPS) is 20.8. The van der Waals surface area contributed by atoms with E-state index in [1.54, 1.807) is 5.38 Å². The summed E-state index contributed by atoms with van der Waals surface area (Å²) in [5, 5.41) is 1.76. The van der Waals surface area contributed by atoms with E-state index in [0.717, 1.165) is 17.7 Å². The molecule has 0 spiro atoms. The maximum absolute atomic E-state index is 11.5. The molecule has 3 nitrogen and oxygen atoms in total. The van der Waals surface area contributed by atoms with Gasteiger partial charge in [0.25, 0.3) is 0 Å². The van der Waals surface area contributed by atoms with Crippen molar-refractivity contribution in [3.05, 3.63) is 21.4 Å². The number of fused-ring (bicyclic) bond motifs is 1. The SMILES string of the molecule is O=C1OC(=O)c2c1csc2C1CCCC1. The Balaban J connectivity index is 2.07. The van der Waals surface area contributed by atoms with Gasteiger partial charge >= 0.3 is 11.9 Å². The number of hydrogen-bond acceptors (Lipinski definition) is 4. The largest absolute Gasteiger partial charge is 0.386 e. The monoisotopic (exact) mass is 222 g/mol. The number of rotatable bonds is 1. The standard InChI is InChI=1S/C11H10O3S/c12-10-7-5-15-9(6-3-1-2-4-6)8(7)11(13)14-10/h5-6H,1-4H2. The van der Waals surface area contributed by atoms with Crippen LogP contribution >= 0.6 is 11.3 Å². The predicted molar refractivity (Wildman–Crippen MR) is 55.3 cm³/mol. The number of hydrogen-bond donors (Lipinski definition) is 0. The molecule has 0 radical (unpaired) electrons. The molecule has 2 aliphatic rings. The maximum Gasteiger partial charge on any atom is 0.348 e. The second-order valence-electron chi connectivity index (χ2n) is 4.05. The van der Waals surface area contributed by atoms with Crippen LogP contribution in [0.2, 0.25) is 0 Å². The van der Waals surface area contributed by atoms with E-state index >= 15 is 0 Å². The van der Waals surface area contributed by atoms with Crippen LogP contribution in [0.1, 0.15) is 57.2 Å². The average Bonchev–Trinajstić information content (AvgIpc) is 2.88. The highest BCUT2D eigenvalue weighted by Gasteiger charge is 2.36. The van der Waals surface area contributed by atoms with Gasteiger partial charge < -0.3 is 4.74 Å². The molecule has 1 saturated carbocycles. The number of carbonyl (C=O) groups is 2. The van der Waals surface area contributed by atoms with Gasteiger partial charge in [0.15, 0.2) is 0 Å². The number of ether oxygens (including phenoxy) is 1. The highest BCUT2D eigenvalue weighted by Crippen LogP contribution is 2.42. The van der Waals surface area contributed by atoms with Crippen molar-refractivity contribution < 1.29 is 14.3 Å². The molecule has 0 N–H and O–H groups in total. The minimum atomic E-state index is -0.476. The molecular formula is C11H10O3S. The van der Waals surface area contributed by atoms with E-state index < -0.39 is 11.9 Å². The van der Waals surface area contributed by atoms with Crippen molar-refractivity contribution in [2.45, 2.75) is 31.6 Å². The summed E-state index contributed by atoms with van der Waals surface area (Å²) >= 11 is 1.54. The highest BCUT2D eigenvalue weighted by molar-refractivity contribution is 7.10. The minimum absolute atomic E-state index is 0.446. The van der Waals surface area contributed by atoms with Crippen LogP contribution in [0.4, 0.5) is 0 Å². The zero-order valence-electron chi connectivity index (χ0n) is 8.12. The summed E-state index contributed by atoms with van der Waals surface area (Å²) in [6.07, 6.45) is 4.71. The Kier molecular flexibility index (Phi) is 1.92. The summed E-state index contributed by atoms with van der Waals surface area (Å²) < 4.78 is 4.60. The van der Waals surface area contributed by atoms with Gasteiger partial charge in [0.1, 0.15) is 0 Å². The number of thiophene rings is 1. The second kappa shape index (κ2) is 3.17. The molecule has 0 saturated heterocycles.